The van der Waals surface area contributed by atoms with Gasteiger partial charge in [0.25, 0.3) is 0 Å². The highest BCUT2D eigenvalue weighted by atomic mass is 19.2. The third-order valence-corrected chi connectivity index (χ3v) is 4.86. The first-order valence-electron chi connectivity index (χ1n) is 8.93. The predicted octanol–water partition coefficient (Wildman–Crippen LogP) is 2.75. The number of nitrogens with one attached hydrogen (secondary N) is 1. The number of aromatic nitrogens is 5. The summed E-state index contributed by atoms with van der Waals surface area (Å²) in [5, 5.41) is 14.1. The molecule has 8 nitrogen and oxygen atoms in total. The molecule has 0 unspecified atom stereocenters. The smallest absolute Gasteiger partial charge is 0.228 e. The number of anilines is 2. The number of carbonyl (C=O) groups excluding carboxylic acids is 1. The summed E-state index contributed by atoms with van der Waals surface area (Å²) in [6.07, 6.45) is 1.92. The van der Waals surface area contributed by atoms with Crippen molar-refractivity contribution in [1.29, 1.82) is 0 Å². The fraction of sp³-hybridized carbons (Fsp3) is 0.0500. The summed E-state index contributed by atoms with van der Waals surface area (Å²) in [5.74, 6) is -1.92. The molecule has 3 N–H and O–H groups in total. The Morgan fingerprint density at radius 1 is 1.10 bits per heavy atom. The number of carbonyl (C=O) groups is 1. The van der Waals surface area contributed by atoms with Crippen LogP contribution in [0, 0.1) is 11.6 Å². The van der Waals surface area contributed by atoms with Crippen LogP contribution in [0.5, 0.6) is 0 Å². The Kier molecular flexibility index (Phi) is 3.98. The molecule has 1 aliphatic rings. The van der Waals surface area contributed by atoms with E-state index in [-0.39, 0.29) is 23.2 Å². The van der Waals surface area contributed by atoms with Gasteiger partial charge < -0.3 is 11.1 Å². The van der Waals surface area contributed by atoms with E-state index in [0.29, 0.717) is 17.5 Å². The molecule has 0 fully saturated rings. The second-order valence-corrected chi connectivity index (χ2v) is 6.74. The molecule has 0 spiro atoms. The summed E-state index contributed by atoms with van der Waals surface area (Å²) in [6.45, 7) is 0. The van der Waals surface area contributed by atoms with Crippen LogP contribution in [-0.2, 0) is 11.2 Å². The molecule has 5 rings (SSSR count). The SMILES string of the molecule is Nc1ncc(-c2ccc3c(c2)NC(=O)C3)cc1-c1nnnn1-c1cccc(F)c1F. The van der Waals surface area contributed by atoms with Gasteiger partial charge in [0.05, 0.1) is 12.0 Å². The zero-order chi connectivity index (χ0) is 20.8. The van der Waals surface area contributed by atoms with Crippen molar-refractivity contribution in [2.75, 3.05) is 11.1 Å². The van der Waals surface area contributed by atoms with Gasteiger partial charge in [0, 0.05) is 17.4 Å². The van der Waals surface area contributed by atoms with Crippen LogP contribution in [0.2, 0.25) is 0 Å². The summed E-state index contributed by atoms with van der Waals surface area (Å²) in [4.78, 5) is 15.8. The molecule has 1 amide bonds. The number of rotatable bonds is 3. The molecule has 10 heteroatoms. The molecule has 0 radical (unpaired) electrons. The Hall–Kier alpha value is -4.21. The van der Waals surface area contributed by atoms with Crippen molar-refractivity contribution < 1.29 is 13.6 Å². The van der Waals surface area contributed by atoms with Crippen LogP contribution in [0.15, 0.2) is 48.7 Å². The third kappa shape index (κ3) is 2.85. The highest BCUT2D eigenvalue weighted by Gasteiger charge is 2.21. The standard InChI is InChI=1S/C20H13F2N7O/c21-14-2-1-3-16(18(14)22)29-20(26-27-28-29)13-6-12(9-24-19(13)23)10-4-5-11-8-17(30)25-15(11)7-10/h1-7,9H,8H2,(H2,23,24)(H,25,30). The van der Waals surface area contributed by atoms with Gasteiger partial charge in [0.2, 0.25) is 5.91 Å². The average Bonchev–Trinajstić information content (AvgIpc) is 3.35. The second kappa shape index (κ2) is 6.69. The largest absolute Gasteiger partial charge is 0.383 e. The number of benzene rings is 2. The van der Waals surface area contributed by atoms with Crippen LogP contribution in [0.4, 0.5) is 20.3 Å². The maximum atomic E-state index is 14.3. The maximum Gasteiger partial charge on any atom is 0.228 e. The van der Waals surface area contributed by atoms with Gasteiger partial charge in [-0.05, 0) is 45.8 Å². The monoisotopic (exact) mass is 405 g/mol. The van der Waals surface area contributed by atoms with Gasteiger partial charge in [-0.25, -0.2) is 13.8 Å². The topological polar surface area (TPSA) is 112 Å². The van der Waals surface area contributed by atoms with Crippen molar-refractivity contribution in [3.05, 3.63) is 65.9 Å². The first kappa shape index (κ1) is 17.9. The van der Waals surface area contributed by atoms with Crippen LogP contribution in [0.1, 0.15) is 5.56 Å². The lowest BCUT2D eigenvalue weighted by Crippen LogP contribution is -2.06. The third-order valence-electron chi connectivity index (χ3n) is 4.86. The number of pyridine rings is 1. The van der Waals surface area contributed by atoms with Crippen LogP contribution >= 0.6 is 0 Å². The van der Waals surface area contributed by atoms with Crippen molar-refractivity contribution in [3.8, 4) is 28.2 Å². The minimum atomic E-state index is -1.08. The minimum Gasteiger partial charge on any atom is -0.383 e. The van der Waals surface area contributed by atoms with E-state index in [1.165, 1.54) is 12.1 Å². The molecule has 0 bridgehead atoms. The Bertz CT molecular complexity index is 1320. The lowest BCUT2D eigenvalue weighted by molar-refractivity contribution is -0.115. The molecule has 4 aromatic rings. The van der Waals surface area contributed by atoms with Crippen molar-refractivity contribution in [3.63, 3.8) is 0 Å². The van der Waals surface area contributed by atoms with Gasteiger partial charge >= 0.3 is 0 Å². The van der Waals surface area contributed by atoms with E-state index in [4.69, 9.17) is 5.73 Å². The quantitative estimate of drug-likeness (QED) is 0.542. The van der Waals surface area contributed by atoms with Crippen molar-refractivity contribution in [2.45, 2.75) is 6.42 Å². The van der Waals surface area contributed by atoms with Gasteiger partial charge in [-0.1, -0.05) is 18.2 Å². The van der Waals surface area contributed by atoms with E-state index >= 15 is 0 Å². The Morgan fingerprint density at radius 3 is 2.83 bits per heavy atom. The van der Waals surface area contributed by atoms with E-state index < -0.39 is 11.6 Å². The van der Waals surface area contributed by atoms with Crippen LogP contribution < -0.4 is 11.1 Å². The summed E-state index contributed by atoms with van der Waals surface area (Å²) in [6, 6.07) is 11.0. The van der Waals surface area contributed by atoms with E-state index in [2.05, 4.69) is 25.8 Å². The number of tetrazole rings is 1. The highest BCUT2D eigenvalue weighted by Crippen LogP contribution is 2.33. The first-order chi connectivity index (χ1) is 14.5. The van der Waals surface area contributed by atoms with Gasteiger partial charge in [0.15, 0.2) is 17.5 Å². The molecule has 0 saturated heterocycles. The second-order valence-electron chi connectivity index (χ2n) is 6.74. The van der Waals surface area contributed by atoms with E-state index in [9.17, 15) is 13.6 Å². The predicted molar refractivity (Wildman–Crippen MR) is 104 cm³/mol. The molecular formula is C20H13F2N7O. The van der Waals surface area contributed by atoms with Gasteiger partial charge in [-0.2, -0.15) is 4.68 Å². The molecule has 2 aromatic carbocycles. The highest BCUT2D eigenvalue weighted by molar-refractivity contribution is 6.00. The summed E-state index contributed by atoms with van der Waals surface area (Å²) >= 11 is 0. The molecule has 2 aromatic heterocycles. The number of halogens is 2. The summed E-state index contributed by atoms with van der Waals surface area (Å²) in [5.41, 5.74) is 9.37. The summed E-state index contributed by atoms with van der Waals surface area (Å²) in [7, 11) is 0. The van der Waals surface area contributed by atoms with Crippen molar-refractivity contribution >= 4 is 17.4 Å². The number of hydrogen-bond acceptors (Lipinski definition) is 6. The van der Waals surface area contributed by atoms with Gasteiger partial charge in [0.1, 0.15) is 11.5 Å². The normalized spacial score (nSPS) is 12.7. The fourth-order valence-corrected chi connectivity index (χ4v) is 3.38. The lowest BCUT2D eigenvalue weighted by Gasteiger charge is -2.10. The minimum absolute atomic E-state index is 0.0606. The molecule has 148 valence electrons. The number of nitrogen functional groups attached to an aromatic ring is 1. The van der Waals surface area contributed by atoms with Crippen molar-refractivity contribution in [2.24, 2.45) is 0 Å². The number of amides is 1. The number of nitrogens with zero attached hydrogens (tertiary/aromatic N) is 5. The molecule has 3 heterocycles. The molecule has 30 heavy (non-hydrogen) atoms. The molecule has 0 atom stereocenters. The molecule has 0 aliphatic carbocycles. The Balaban J connectivity index is 1.61. The van der Waals surface area contributed by atoms with Crippen LogP contribution in [-0.4, -0.2) is 31.1 Å². The molecular weight excluding hydrogens is 392 g/mol. The van der Waals surface area contributed by atoms with Crippen LogP contribution in [0.3, 0.4) is 0 Å². The van der Waals surface area contributed by atoms with Crippen molar-refractivity contribution in [1.82, 2.24) is 25.2 Å². The lowest BCUT2D eigenvalue weighted by atomic mass is 10.0. The van der Waals surface area contributed by atoms with E-state index in [1.807, 2.05) is 18.2 Å². The maximum absolute atomic E-state index is 14.3. The zero-order valence-corrected chi connectivity index (χ0v) is 15.3. The number of nitrogens with two attached hydrogens (primary N) is 1. The Labute approximate surface area is 168 Å². The first-order valence-corrected chi connectivity index (χ1v) is 8.93. The van der Waals surface area contributed by atoms with Gasteiger partial charge in [-0.3, -0.25) is 4.79 Å². The number of fused-ring (bicyclic) bond motifs is 1. The van der Waals surface area contributed by atoms with E-state index in [0.717, 1.165) is 27.6 Å². The zero-order valence-electron chi connectivity index (χ0n) is 15.3. The molecule has 0 saturated carbocycles. The molecule has 1 aliphatic heterocycles. The van der Waals surface area contributed by atoms with Gasteiger partial charge in [-0.15, -0.1) is 5.10 Å². The summed E-state index contributed by atoms with van der Waals surface area (Å²) < 4.78 is 29.0. The van der Waals surface area contributed by atoms with E-state index in [1.54, 1.807) is 12.3 Å². The van der Waals surface area contributed by atoms with Crippen LogP contribution in [0.25, 0.3) is 28.2 Å². The fourth-order valence-electron chi connectivity index (χ4n) is 3.38. The average molecular weight is 405 g/mol. The number of hydrogen-bond donors (Lipinski definition) is 2. The Morgan fingerprint density at radius 2 is 1.97 bits per heavy atom.